The van der Waals surface area contributed by atoms with Crippen LogP contribution in [0.15, 0.2) is 30.3 Å². The molecule has 1 atom stereocenters. The van der Waals surface area contributed by atoms with Crippen LogP contribution in [-0.2, 0) is 6.42 Å². The van der Waals surface area contributed by atoms with E-state index in [2.05, 4.69) is 12.1 Å². The summed E-state index contributed by atoms with van der Waals surface area (Å²) in [7, 11) is 0. The minimum atomic E-state index is -0.303. The molecule has 0 aromatic heterocycles. The lowest BCUT2D eigenvalue weighted by atomic mass is 9.73. The van der Waals surface area contributed by atoms with Gasteiger partial charge in [-0.1, -0.05) is 56.0 Å². The number of rotatable bonds is 4. The molecule has 0 heterocycles. The number of nitrogens with two attached hydrogens (primary N) is 1. The summed E-state index contributed by atoms with van der Waals surface area (Å²) in [5.74, 6) is 0. The van der Waals surface area contributed by atoms with Crippen molar-refractivity contribution in [3.8, 4) is 0 Å². The Bertz CT molecular complexity index is 341. The number of aliphatic hydroxyl groups is 1. The first kappa shape index (κ1) is 13.6. The van der Waals surface area contributed by atoms with Crippen LogP contribution in [0.5, 0.6) is 0 Å². The lowest BCUT2D eigenvalue weighted by molar-refractivity contribution is 0.0187. The van der Waals surface area contributed by atoms with E-state index in [1.54, 1.807) is 0 Å². The zero-order chi connectivity index (χ0) is 12.8. The van der Waals surface area contributed by atoms with Crippen molar-refractivity contribution < 1.29 is 5.11 Å². The number of benzene rings is 1. The van der Waals surface area contributed by atoms with Crippen LogP contribution in [0.4, 0.5) is 0 Å². The molecule has 0 bridgehead atoms. The molecule has 1 fully saturated rings. The van der Waals surface area contributed by atoms with Crippen molar-refractivity contribution in [2.45, 2.75) is 51.0 Å². The summed E-state index contributed by atoms with van der Waals surface area (Å²) in [5, 5.41) is 10.6. The highest BCUT2D eigenvalue weighted by Crippen LogP contribution is 2.38. The predicted molar refractivity (Wildman–Crippen MR) is 75.3 cm³/mol. The molecule has 1 aromatic carbocycles. The van der Waals surface area contributed by atoms with Gasteiger partial charge in [-0.3, -0.25) is 0 Å². The van der Waals surface area contributed by atoms with E-state index in [-0.39, 0.29) is 11.5 Å². The quantitative estimate of drug-likeness (QED) is 0.804. The Morgan fingerprint density at radius 2 is 1.67 bits per heavy atom. The lowest BCUT2D eigenvalue weighted by Gasteiger charge is -2.36. The molecule has 1 aliphatic rings. The van der Waals surface area contributed by atoms with E-state index in [1.165, 1.54) is 31.2 Å². The molecule has 2 nitrogen and oxygen atoms in total. The first-order valence-electron chi connectivity index (χ1n) is 7.19. The fraction of sp³-hybridized carbons (Fsp3) is 0.625. The van der Waals surface area contributed by atoms with Crippen molar-refractivity contribution in [3.05, 3.63) is 35.9 Å². The van der Waals surface area contributed by atoms with Gasteiger partial charge in [0.05, 0.1) is 6.10 Å². The van der Waals surface area contributed by atoms with E-state index in [0.29, 0.717) is 6.54 Å². The number of hydrogen-bond donors (Lipinski definition) is 2. The van der Waals surface area contributed by atoms with Crippen molar-refractivity contribution in [1.82, 2.24) is 0 Å². The Morgan fingerprint density at radius 1 is 1.06 bits per heavy atom. The molecule has 2 rings (SSSR count). The average Bonchev–Trinajstić information content (AvgIpc) is 2.66. The van der Waals surface area contributed by atoms with Crippen LogP contribution in [0, 0.1) is 5.41 Å². The maximum atomic E-state index is 10.6. The van der Waals surface area contributed by atoms with E-state index in [9.17, 15) is 5.11 Å². The van der Waals surface area contributed by atoms with Gasteiger partial charge in [0.25, 0.3) is 0 Å². The van der Waals surface area contributed by atoms with Crippen LogP contribution < -0.4 is 5.73 Å². The summed E-state index contributed by atoms with van der Waals surface area (Å²) >= 11 is 0. The smallest absolute Gasteiger partial charge is 0.0648 e. The second-order valence-electron chi connectivity index (χ2n) is 5.69. The molecule has 0 saturated heterocycles. The van der Waals surface area contributed by atoms with Crippen molar-refractivity contribution >= 4 is 0 Å². The van der Waals surface area contributed by atoms with Gasteiger partial charge in [-0.15, -0.1) is 0 Å². The molecule has 1 aromatic rings. The summed E-state index contributed by atoms with van der Waals surface area (Å²) in [5.41, 5.74) is 7.16. The van der Waals surface area contributed by atoms with Crippen molar-refractivity contribution in [2.75, 3.05) is 6.54 Å². The molecule has 100 valence electrons. The van der Waals surface area contributed by atoms with E-state index >= 15 is 0 Å². The zero-order valence-corrected chi connectivity index (χ0v) is 11.1. The highest BCUT2D eigenvalue weighted by atomic mass is 16.3. The first-order valence-corrected chi connectivity index (χ1v) is 7.19. The molecule has 0 spiro atoms. The van der Waals surface area contributed by atoms with Crippen LogP contribution in [0.25, 0.3) is 0 Å². The normalized spacial score (nSPS) is 21.2. The first-order chi connectivity index (χ1) is 8.77. The Kier molecular flexibility index (Phi) is 4.79. The van der Waals surface area contributed by atoms with Gasteiger partial charge >= 0.3 is 0 Å². The molecule has 1 aliphatic carbocycles. The van der Waals surface area contributed by atoms with Crippen LogP contribution in [-0.4, -0.2) is 17.8 Å². The Balaban J connectivity index is 2.06. The van der Waals surface area contributed by atoms with E-state index < -0.39 is 0 Å². The third-order valence-electron chi connectivity index (χ3n) is 4.48. The summed E-state index contributed by atoms with van der Waals surface area (Å²) in [6.07, 6.45) is 7.60. The molecule has 18 heavy (non-hydrogen) atoms. The Labute approximate surface area is 110 Å². The fourth-order valence-electron chi connectivity index (χ4n) is 3.16. The van der Waals surface area contributed by atoms with Gasteiger partial charge in [-0.25, -0.2) is 0 Å². The summed E-state index contributed by atoms with van der Waals surface area (Å²) in [4.78, 5) is 0. The molecule has 3 N–H and O–H groups in total. The number of hydrogen-bond acceptors (Lipinski definition) is 2. The van der Waals surface area contributed by atoms with Crippen LogP contribution in [0.1, 0.15) is 44.1 Å². The summed E-state index contributed by atoms with van der Waals surface area (Å²) in [6.45, 7) is 0.612. The van der Waals surface area contributed by atoms with Crippen molar-refractivity contribution in [3.63, 3.8) is 0 Å². The molecular weight excluding hydrogens is 222 g/mol. The minimum absolute atomic E-state index is 0.0493. The maximum absolute atomic E-state index is 10.6. The number of aliphatic hydroxyl groups excluding tert-OH is 1. The molecule has 0 amide bonds. The van der Waals surface area contributed by atoms with Gasteiger partial charge in [-0.05, 0) is 24.8 Å². The average molecular weight is 247 g/mol. The zero-order valence-electron chi connectivity index (χ0n) is 11.1. The molecule has 0 aliphatic heterocycles. The molecular formula is C16H25NO. The SMILES string of the molecule is NCC1(C(O)Cc2ccccc2)CCCCCC1. The molecule has 2 heteroatoms. The van der Waals surface area contributed by atoms with Gasteiger partial charge in [0.15, 0.2) is 0 Å². The predicted octanol–water partition coefficient (Wildman–Crippen LogP) is 2.89. The molecule has 1 unspecified atom stereocenters. The fourth-order valence-corrected chi connectivity index (χ4v) is 3.16. The van der Waals surface area contributed by atoms with Gasteiger partial charge in [-0.2, -0.15) is 0 Å². The third kappa shape index (κ3) is 3.12. The van der Waals surface area contributed by atoms with Crippen LogP contribution >= 0.6 is 0 Å². The van der Waals surface area contributed by atoms with Crippen molar-refractivity contribution in [2.24, 2.45) is 11.1 Å². The van der Waals surface area contributed by atoms with Crippen molar-refractivity contribution in [1.29, 1.82) is 0 Å². The topological polar surface area (TPSA) is 46.2 Å². The summed E-state index contributed by atoms with van der Waals surface area (Å²) < 4.78 is 0. The molecule has 1 saturated carbocycles. The molecule has 0 radical (unpaired) electrons. The minimum Gasteiger partial charge on any atom is -0.392 e. The lowest BCUT2D eigenvalue weighted by Crippen LogP contribution is -2.42. The highest BCUT2D eigenvalue weighted by molar-refractivity contribution is 5.16. The van der Waals surface area contributed by atoms with Gasteiger partial charge in [0.1, 0.15) is 0 Å². The van der Waals surface area contributed by atoms with E-state index in [4.69, 9.17) is 5.73 Å². The van der Waals surface area contributed by atoms with Gasteiger partial charge in [0, 0.05) is 12.0 Å². The standard InChI is InChI=1S/C16H25NO/c17-13-16(10-6-1-2-7-11-16)15(18)12-14-8-4-3-5-9-14/h3-5,8-9,15,18H,1-2,6-7,10-13,17H2. The highest BCUT2D eigenvalue weighted by Gasteiger charge is 2.36. The Morgan fingerprint density at radius 3 is 2.22 bits per heavy atom. The third-order valence-corrected chi connectivity index (χ3v) is 4.48. The van der Waals surface area contributed by atoms with Crippen LogP contribution in [0.3, 0.4) is 0 Å². The second kappa shape index (κ2) is 6.35. The Hall–Kier alpha value is -0.860. The second-order valence-corrected chi connectivity index (χ2v) is 5.69. The van der Waals surface area contributed by atoms with E-state index in [0.717, 1.165) is 19.3 Å². The monoisotopic (exact) mass is 247 g/mol. The van der Waals surface area contributed by atoms with Gasteiger partial charge in [0.2, 0.25) is 0 Å². The van der Waals surface area contributed by atoms with Crippen LogP contribution in [0.2, 0.25) is 0 Å². The largest absolute Gasteiger partial charge is 0.392 e. The van der Waals surface area contributed by atoms with E-state index in [1.807, 2.05) is 18.2 Å². The van der Waals surface area contributed by atoms with Gasteiger partial charge < -0.3 is 10.8 Å². The summed E-state index contributed by atoms with van der Waals surface area (Å²) in [6, 6.07) is 10.3. The maximum Gasteiger partial charge on any atom is 0.0648 e.